The first-order chi connectivity index (χ1) is 38.4. The predicted molar refractivity (Wildman–Crippen MR) is 310 cm³/mol. The molecule has 3 aromatic carbocycles. The fourth-order valence-corrected chi connectivity index (χ4v) is 13.8. The van der Waals surface area contributed by atoms with Crippen molar-refractivity contribution in [3.05, 3.63) is 114 Å². The van der Waals surface area contributed by atoms with Crippen LogP contribution in [0, 0.1) is 10.8 Å². The Balaban J connectivity index is 0.000000169. The lowest BCUT2D eigenvalue weighted by atomic mass is 9.39. The van der Waals surface area contributed by atoms with Crippen molar-refractivity contribution in [2.24, 2.45) is 16.6 Å². The van der Waals surface area contributed by atoms with E-state index in [9.17, 15) is 14.4 Å². The lowest BCUT2D eigenvalue weighted by Crippen LogP contribution is -2.78. The molecular weight excluding hydrogens is 1080 g/mol. The molecule has 0 saturated heterocycles. The molecule has 8 aliphatic rings. The Morgan fingerprint density at radius 3 is 1.75 bits per heavy atom. The van der Waals surface area contributed by atoms with Crippen molar-refractivity contribution >= 4 is 86.4 Å². The summed E-state index contributed by atoms with van der Waals surface area (Å²) in [6, 6.07) is 27.1. The number of aromatic nitrogens is 6. The molecule has 418 valence electrons. The van der Waals surface area contributed by atoms with E-state index in [2.05, 4.69) is 82.6 Å². The van der Waals surface area contributed by atoms with Gasteiger partial charge in [-0.15, -0.1) is 0 Å². The number of nitrogens with one attached hydrogen (secondary N) is 6. The number of para-hydroxylation sites is 3. The summed E-state index contributed by atoms with van der Waals surface area (Å²) in [5, 5.41) is 19.8. The first-order valence-electron chi connectivity index (χ1n) is 27.5. The Bertz CT molecular complexity index is 3490. The van der Waals surface area contributed by atoms with Crippen LogP contribution in [0.1, 0.15) is 111 Å². The maximum absolute atomic E-state index is 13.3. The summed E-state index contributed by atoms with van der Waals surface area (Å²) < 4.78 is 24.2. The monoisotopic (exact) mass is 1140 g/mol. The molecule has 7 aromatic rings. The Morgan fingerprint density at radius 1 is 0.688 bits per heavy atom. The van der Waals surface area contributed by atoms with Crippen LogP contribution in [-0.4, -0.2) is 96.7 Å². The minimum atomic E-state index is -0.750. The number of carbonyl (C=O) groups is 3. The van der Waals surface area contributed by atoms with Crippen molar-refractivity contribution < 1.29 is 27.5 Å². The second-order valence-electron chi connectivity index (χ2n) is 24.1. The first kappa shape index (κ1) is 55.0. The normalized spacial score (nSPS) is 26.9. The van der Waals surface area contributed by atoms with Gasteiger partial charge in [0.05, 0.1) is 50.2 Å². The zero-order chi connectivity index (χ0) is 56.0. The van der Waals surface area contributed by atoms with Crippen molar-refractivity contribution in [3.8, 4) is 28.2 Å². The highest BCUT2D eigenvalue weighted by Crippen LogP contribution is 2.67. The topological polar surface area (TPSA) is 253 Å². The van der Waals surface area contributed by atoms with E-state index in [-0.39, 0.29) is 57.9 Å². The van der Waals surface area contributed by atoms with Gasteiger partial charge in [0.15, 0.2) is 0 Å². The van der Waals surface area contributed by atoms with Crippen molar-refractivity contribution in [2.45, 2.75) is 152 Å². The van der Waals surface area contributed by atoms with Gasteiger partial charge >= 0.3 is 17.7 Å². The van der Waals surface area contributed by atoms with E-state index in [1.165, 1.54) is 0 Å². The molecule has 8 aliphatic carbocycles. The van der Waals surface area contributed by atoms with Crippen molar-refractivity contribution in [2.75, 3.05) is 10.6 Å². The van der Waals surface area contributed by atoms with E-state index < -0.39 is 23.3 Å². The van der Waals surface area contributed by atoms with Gasteiger partial charge in [-0.25, -0.2) is 24.7 Å². The number of alkyl carbamates (subject to hydrolysis) is 1. The van der Waals surface area contributed by atoms with Gasteiger partial charge in [-0.3, -0.25) is 9.59 Å². The molecular formula is C59H66Cl2N12O6S. The fourth-order valence-electron chi connectivity index (χ4n) is 13.4. The van der Waals surface area contributed by atoms with Crippen LogP contribution in [0.4, 0.5) is 16.7 Å². The van der Waals surface area contributed by atoms with Gasteiger partial charge in [-0.05, 0) is 135 Å². The number of anilines is 2. The van der Waals surface area contributed by atoms with Crippen molar-refractivity contribution in [1.82, 2.24) is 45.4 Å². The summed E-state index contributed by atoms with van der Waals surface area (Å²) in [6.45, 7) is 5.54. The van der Waals surface area contributed by atoms with E-state index in [4.69, 9.17) is 52.1 Å². The van der Waals surface area contributed by atoms with Crippen LogP contribution in [-0.2, 0) is 25.9 Å². The predicted octanol–water partition coefficient (Wildman–Crippen LogP) is 10.4. The molecule has 15 rings (SSSR count). The second-order valence-corrected chi connectivity index (χ2v) is 25.1. The molecule has 8 N–H and O–H groups in total. The summed E-state index contributed by atoms with van der Waals surface area (Å²) in [6.07, 6.45) is 19.1. The van der Waals surface area contributed by atoms with Gasteiger partial charge in [-0.1, -0.05) is 77.8 Å². The van der Waals surface area contributed by atoms with Crippen molar-refractivity contribution in [3.63, 3.8) is 0 Å². The van der Waals surface area contributed by atoms with Gasteiger partial charge in [0.2, 0.25) is 23.7 Å². The summed E-state index contributed by atoms with van der Waals surface area (Å²) >= 11 is 12.4. The number of hydrogen-bond acceptors (Lipinski definition) is 13. The first-order valence-corrected chi connectivity index (χ1v) is 28.9. The highest BCUT2D eigenvalue weighted by molar-refractivity contribution is 7.51. The molecule has 4 heterocycles. The lowest BCUT2D eigenvalue weighted by molar-refractivity contribution is -0.180. The number of nitrogens with zero attached hydrogens (tertiary/aromatic N) is 5. The molecule has 4 aromatic heterocycles. The van der Waals surface area contributed by atoms with Crippen LogP contribution in [0.25, 0.3) is 50.0 Å². The molecule has 21 heteroatoms. The van der Waals surface area contributed by atoms with Gasteiger partial charge in [0.1, 0.15) is 5.60 Å². The number of halogens is 2. The average molecular weight is 1140 g/mol. The van der Waals surface area contributed by atoms with Crippen LogP contribution in [0.15, 0.2) is 104 Å². The minimum Gasteiger partial charge on any atom is -0.444 e. The van der Waals surface area contributed by atoms with Gasteiger partial charge < -0.3 is 46.6 Å². The largest absolute Gasteiger partial charge is 0.444 e. The highest BCUT2D eigenvalue weighted by Gasteiger charge is 2.72. The molecule has 0 radical (unpaired) electrons. The van der Waals surface area contributed by atoms with Crippen molar-refractivity contribution in [1.29, 1.82) is 0 Å². The quantitative estimate of drug-likeness (QED) is 0.0602. The van der Waals surface area contributed by atoms with Crippen LogP contribution < -0.4 is 32.3 Å². The number of amides is 3. The molecule has 3 amide bonds. The van der Waals surface area contributed by atoms with E-state index >= 15 is 0 Å². The Labute approximate surface area is 477 Å². The molecule has 0 unspecified atom stereocenters. The smallest absolute Gasteiger partial charge is 0.408 e. The number of carbonyl (C=O) groups excluding carboxylic acids is 3. The standard InChI is InChI=1S/C35H39ClN6O3.C24H27ClN6O.O2S/c1-33(2,3)45-32(44)41-35-19-34(20-35,21-35)30(43)38-22-10-9-11-23(16-22)39-31-37-17-27(36)29(40-31)26-18-42(24-12-5-4-6-13-24)28-15-8-7-14-25(26)28;25-18-10-28-22(31-20(18)17-9-27-19-7-2-1-6-16(17)19)30-15-5-3-4-14(8-15)29-21(32)23-11-24(26,12-23)13-23;1-3-2/h4-8,12-15,17-18,22-23H,9-11,16,19-21H2,1-3H3,(H,38,43)(H,41,44)(H,37,39,40);1-2,6-7,9-10,14-15,27H,3-5,8,11-13,26H2,(H,29,32)(H,28,30,31);/t22-,23+,34?,35?;14-,15+,23?,24?;/m00./s1. The Morgan fingerprint density at radius 2 is 1.19 bits per heavy atom. The number of nitrogens with two attached hydrogens (primary N) is 1. The molecule has 8 saturated carbocycles. The van der Waals surface area contributed by atoms with E-state index in [1.807, 2.05) is 75.5 Å². The molecule has 80 heavy (non-hydrogen) atoms. The highest BCUT2D eigenvalue weighted by atomic mass is 35.5. The van der Waals surface area contributed by atoms with Crippen LogP contribution in [0.3, 0.4) is 0 Å². The Hall–Kier alpha value is -6.93. The van der Waals surface area contributed by atoms with Gasteiger partial charge in [0.25, 0.3) is 0 Å². The van der Waals surface area contributed by atoms with E-state index in [0.29, 0.717) is 52.6 Å². The van der Waals surface area contributed by atoms with Gasteiger partial charge in [-0.2, -0.15) is 8.42 Å². The van der Waals surface area contributed by atoms with Crippen LogP contribution in [0.2, 0.25) is 10.0 Å². The van der Waals surface area contributed by atoms with E-state index in [0.717, 1.165) is 109 Å². The lowest BCUT2D eigenvalue weighted by Gasteiger charge is -2.69. The summed E-state index contributed by atoms with van der Waals surface area (Å²) in [5.41, 5.74) is 11.1. The third-order valence-electron chi connectivity index (χ3n) is 16.9. The summed E-state index contributed by atoms with van der Waals surface area (Å²) in [7, 11) is 0. The number of fused-ring (bicyclic) bond motifs is 2. The number of ether oxygens (including phenoxy) is 1. The summed E-state index contributed by atoms with van der Waals surface area (Å²) in [4.78, 5) is 60.2. The third-order valence-corrected chi connectivity index (χ3v) is 17.4. The fraction of sp³-hybridized carbons (Fsp3) is 0.441. The number of rotatable bonds is 12. The maximum Gasteiger partial charge on any atom is 0.408 e. The second kappa shape index (κ2) is 21.9. The molecule has 8 fully saturated rings. The molecule has 18 nitrogen and oxygen atoms in total. The minimum absolute atomic E-state index is 0.0532. The zero-order valence-electron chi connectivity index (χ0n) is 45.0. The average Bonchev–Trinajstić information content (AvgIpc) is 4.11. The molecule has 4 atom stereocenters. The number of aromatic amines is 1. The molecule has 4 bridgehead atoms. The molecule has 0 spiro atoms. The zero-order valence-corrected chi connectivity index (χ0v) is 47.3. The SMILES string of the molecule is CC(C)(C)OC(=O)NC12CC(C(=O)N[C@H]3CCC[C@@H](Nc4ncc(Cl)c(-c5cn(-c6ccccc6)c6ccccc56)n4)C3)(C1)C2.NC12CC(C(=O)N[C@H]3CCC[C@@H](Nc4ncc(Cl)c(-c5c[nH]c6ccccc56)n4)C3)(C1)C2.O=S=O. The molecule has 0 aliphatic heterocycles. The number of H-pyrrole nitrogens is 1. The van der Waals surface area contributed by atoms with E-state index in [1.54, 1.807) is 12.4 Å². The Kier molecular flexibility index (Phi) is 15.0. The third kappa shape index (κ3) is 11.3. The van der Waals surface area contributed by atoms with Crippen LogP contribution in [0.5, 0.6) is 0 Å². The maximum atomic E-state index is 13.3. The van der Waals surface area contributed by atoms with Gasteiger partial charge in [0, 0.05) is 80.7 Å². The summed E-state index contributed by atoms with van der Waals surface area (Å²) in [5.74, 6) is 1.38. The number of benzene rings is 3. The van der Waals surface area contributed by atoms with Crippen LogP contribution >= 0.6 is 23.2 Å². The number of hydrogen-bond donors (Lipinski definition) is 7.